The predicted octanol–water partition coefficient (Wildman–Crippen LogP) is -0.301. The van der Waals surface area contributed by atoms with Crippen molar-refractivity contribution < 1.29 is 34.1 Å². The Bertz CT molecular complexity index is 981. The number of nitrogens with one attached hydrogen (secondary N) is 3. The van der Waals surface area contributed by atoms with Crippen LogP contribution in [-0.2, 0) is 36.9 Å². The minimum Gasteiger partial charge on any atom is -0.481 e. The predicted molar refractivity (Wildman–Crippen MR) is 133 cm³/mol. The Hall–Kier alpha value is -3.03. The van der Waals surface area contributed by atoms with Gasteiger partial charge in [0.2, 0.25) is 11.8 Å². The third-order valence-corrected chi connectivity index (χ3v) is 5.45. The van der Waals surface area contributed by atoms with Crippen LogP contribution in [0.1, 0.15) is 18.5 Å². The average Bonchev–Trinajstić information content (AvgIpc) is 3.21. The lowest BCUT2D eigenvalue weighted by atomic mass is 10.2. The van der Waals surface area contributed by atoms with Gasteiger partial charge in [0.05, 0.1) is 46.0 Å². The van der Waals surface area contributed by atoms with E-state index in [1.165, 1.54) is 0 Å². The van der Waals surface area contributed by atoms with Crippen molar-refractivity contribution in [3.63, 3.8) is 0 Å². The van der Waals surface area contributed by atoms with Crippen molar-refractivity contribution in [2.24, 2.45) is 0 Å². The second-order valence-corrected chi connectivity index (χ2v) is 8.14. The molecule has 36 heavy (non-hydrogen) atoms. The zero-order valence-electron chi connectivity index (χ0n) is 20.9. The van der Waals surface area contributed by atoms with Gasteiger partial charge in [0, 0.05) is 37.8 Å². The number of rotatable bonds is 18. The number of amides is 2. The van der Waals surface area contributed by atoms with Gasteiger partial charge in [-0.05, 0) is 24.6 Å². The Morgan fingerprint density at radius 2 is 1.81 bits per heavy atom. The van der Waals surface area contributed by atoms with Crippen LogP contribution in [0.25, 0.3) is 10.9 Å². The van der Waals surface area contributed by atoms with E-state index in [1.807, 2.05) is 43.4 Å². The van der Waals surface area contributed by atoms with Crippen molar-refractivity contribution in [2.75, 3.05) is 53.7 Å². The quantitative estimate of drug-likeness (QED) is 0.135. The number of hydrogen-bond acceptors (Lipinski definition) is 8. The fraction of sp³-hybridized carbons (Fsp3) is 0.542. The topological polar surface area (TPSA) is 154 Å². The summed E-state index contributed by atoms with van der Waals surface area (Å²) in [6.07, 6.45) is 0.0743. The number of aliphatic hydroxyl groups excluding tert-OH is 1. The number of carboxylic acids is 1. The molecule has 0 spiro atoms. The van der Waals surface area contributed by atoms with Crippen LogP contribution in [-0.4, -0.2) is 97.3 Å². The summed E-state index contributed by atoms with van der Waals surface area (Å²) in [7, 11) is 3.77. The van der Waals surface area contributed by atoms with Gasteiger partial charge < -0.3 is 34.9 Å². The molecular weight excluding hydrogens is 470 g/mol. The largest absolute Gasteiger partial charge is 0.481 e. The van der Waals surface area contributed by atoms with Crippen molar-refractivity contribution in [3.8, 4) is 0 Å². The zero-order valence-corrected chi connectivity index (χ0v) is 20.9. The lowest BCUT2D eigenvalue weighted by Crippen LogP contribution is -2.49. The van der Waals surface area contributed by atoms with Gasteiger partial charge in [0.1, 0.15) is 6.04 Å². The first-order valence-corrected chi connectivity index (χ1v) is 11.9. The van der Waals surface area contributed by atoms with Crippen LogP contribution in [0, 0.1) is 0 Å². The summed E-state index contributed by atoms with van der Waals surface area (Å²) in [6, 6.07) is 8.98. The molecule has 200 valence electrons. The molecule has 1 aromatic heterocycles. The highest BCUT2D eigenvalue weighted by atomic mass is 16.5. The first-order valence-electron chi connectivity index (χ1n) is 11.9. The highest BCUT2D eigenvalue weighted by Gasteiger charge is 2.20. The van der Waals surface area contributed by atoms with E-state index in [1.54, 1.807) is 0 Å². The van der Waals surface area contributed by atoms with Crippen molar-refractivity contribution >= 4 is 28.7 Å². The van der Waals surface area contributed by atoms with E-state index < -0.39 is 24.5 Å². The summed E-state index contributed by atoms with van der Waals surface area (Å²) in [6.45, 7) is 1.57. The van der Waals surface area contributed by atoms with Gasteiger partial charge in [-0.1, -0.05) is 18.2 Å². The van der Waals surface area contributed by atoms with E-state index in [4.69, 9.17) is 14.6 Å². The number of hydrazine groups is 1. The van der Waals surface area contributed by atoms with Crippen LogP contribution >= 0.6 is 0 Å². The second kappa shape index (κ2) is 15.9. The molecule has 2 amide bonds. The minimum atomic E-state index is -1.06. The molecule has 1 heterocycles. The molecule has 5 N–H and O–H groups in total. The molecule has 12 heteroatoms. The number of aliphatic hydroxyl groups is 1. The molecule has 1 atom stereocenters. The van der Waals surface area contributed by atoms with Crippen molar-refractivity contribution in [3.05, 3.63) is 36.0 Å². The second-order valence-electron chi connectivity index (χ2n) is 8.14. The molecule has 0 saturated heterocycles. The zero-order chi connectivity index (χ0) is 26.3. The summed E-state index contributed by atoms with van der Waals surface area (Å²) in [5.74, 6) is -1.77. The molecule has 0 aliphatic heterocycles. The number of aryl methyl sites for hydroxylation is 1. The van der Waals surface area contributed by atoms with Crippen LogP contribution in [0.5, 0.6) is 0 Å². The summed E-state index contributed by atoms with van der Waals surface area (Å²) in [4.78, 5) is 35.3. The average molecular weight is 508 g/mol. The van der Waals surface area contributed by atoms with E-state index in [9.17, 15) is 19.5 Å². The fourth-order valence-electron chi connectivity index (χ4n) is 3.51. The van der Waals surface area contributed by atoms with Crippen molar-refractivity contribution in [1.82, 2.24) is 25.6 Å². The Morgan fingerprint density at radius 3 is 2.50 bits per heavy atom. The molecule has 2 rings (SSSR count). The van der Waals surface area contributed by atoms with Crippen molar-refractivity contribution in [2.45, 2.75) is 32.0 Å². The summed E-state index contributed by atoms with van der Waals surface area (Å²) < 4.78 is 12.5. The molecule has 1 aromatic carbocycles. The summed E-state index contributed by atoms with van der Waals surface area (Å²) in [5.41, 5.74) is 5.14. The van der Waals surface area contributed by atoms with Gasteiger partial charge in [-0.15, -0.1) is 0 Å². The molecule has 0 aliphatic rings. The highest BCUT2D eigenvalue weighted by molar-refractivity contribution is 5.88. The SMILES string of the molecule is CNN(C)Cc1cc2ccccc2n1CCC(=O)NC(CO)C(=O)NCCOCCOCCC(=O)O. The third kappa shape index (κ3) is 9.91. The molecule has 0 bridgehead atoms. The Morgan fingerprint density at radius 1 is 1.08 bits per heavy atom. The lowest BCUT2D eigenvalue weighted by molar-refractivity contribution is -0.138. The number of carboxylic acid groups (broad SMARTS) is 1. The van der Waals surface area contributed by atoms with Crippen LogP contribution in [0.15, 0.2) is 30.3 Å². The van der Waals surface area contributed by atoms with Crippen LogP contribution in [0.3, 0.4) is 0 Å². The van der Waals surface area contributed by atoms with Gasteiger partial charge in [-0.25, -0.2) is 5.01 Å². The fourth-order valence-corrected chi connectivity index (χ4v) is 3.51. The maximum atomic E-state index is 12.6. The minimum absolute atomic E-state index is 0.0683. The summed E-state index contributed by atoms with van der Waals surface area (Å²) in [5, 5.41) is 26.3. The van der Waals surface area contributed by atoms with E-state index in [-0.39, 0.29) is 51.7 Å². The molecule has 0 aliphatic carbocycles. The van der Waals surface area contributed by atoms with E-state index >= 15 is 0 Å². The lowest BCUT2D eigenvalue weighted by Gasteiger charge is -2.19. The molecule has 0 radical (unpaired) electrons. The number of nitrogens with zero attached hydrogens (tertiary/aromatic N) is 2. The van der Waals surface area contributed by atoms with E-state index in [2.05, 4.69) is 26.7 Å². The van der Waals surface area contributed by atoms with Crippen molar-refractivity contribution in [1.29, 1.82) is 0 Å². The normalized spacial score (nSPS) is 12.1. The van der Waals surface area contributed by atoms with Gasteiger partial charge in [-0.3, -0.25) is 19.8 Å². The standard InChI is InChI=1S/C24H37N5O7/c1-25-28(2)16-19-15-18-5-3-4-6-21(18)29(19)10-7-22(31)27-20(17-30)24(34)26-9-12-36-14-13-35-11-8-23(32)33/h3-6,15,20,25,30H,7-14,16-17H2,1-2H3,(H,26,34)(H,27,31)(H,32,33). The molecule has 2 aromatic rings. The molecule has 0 saturated carbocycles. The number of carbonyl (C=O) groups is 3. The smallest absolute Gasteiger partial charge is 0.305 e. The van der Waals surface area contributed by atoms with Gasteiger partial charge in [-0.2, -0.15) is 0 Å². The molecular formula is C24H37N5O7. The third-order valence-electron chi connectivity index (χ3n) is 5.45. The molecule has 0 fully saturated rings. The highest BCUT2D eigenvalue weighted by Crippen LogP contribution is 2.21. The first-order chi connectivity index (χ1) is 17.3. The monoisotopic (exact) mass is 507 g/mol. The Kier molecular flexibility index (Phi) is 12.9. The number of aliphatic carboxylic acids is 1. The summed E-state index contributed by atoms with van der Waals surface area (Å²) >= 11 is 0. The molecule has 12 nitrogen and oxygen atoms in total. The van der Waals surface area contributed by atoms with Crippen LogP contribution in [0.2, 0.25) is 0 Å². The Balaban J connectivity index is 1.76. The Labute approximate surface area is 210 Å². The van der Waals surface area contributed by atoms with Gasteiger partial charge in [0.15, 0.2) is 0 Å². The number of para-hydroxylation sites is 1. The number of fused-ring (bicyclic) bond motifs is 1. The van der Waals surface area contributed by atoms with Gasteiger partial charge >= 0.3 is 5.97 Å². The van der Waals surface area contributed by atoms with Gasteiger partial charge in [0.25, 0.3) is 0 Å². The first kappa shape index (κ1) is 29.2. The maximum Gasteiger partial charge on any atom is 0.305 e. The number of benzene rings is 1. The molecule has 1 unspecified atom stereocenters. The van der Waals surface area contributed by atoms with E-state index in [0.717, 1.165) is 16.6 Å². The number of hydrogen-bond donors (Lipinski definition) is 5. The maximum absolute atomic E-state index is 12.6. The van der Waals surface area contributed by atoms with Crippen LogP contribution < -0.4 is 16.1 Å². The number of ether oxygens (including phenoxy) is 2. The number of carbonyl (C=O) groups excluding carboxylic acids is 2. The number of aromatic nitrogens is 1. The van der Waals surface area contributed by atoms with Crippen LogP contribution in [0.4, 0.5) is 0 Å². The van der Waals surface area contributed by atoms with E-state index in [0.29, 0.717) is 13.1 Å².